The van der Waals surface area contributed by atoms with Crippen LogP contribution in [0, 0.1) is 0 Å². The van der Waals surface area contributed by atoms with Gasteiger partial charge in [-0.2, -0.15) is 0 Å². The van der Waals surface area contributed by atoms with Gasteiger partial charge in [0.1, 0.15) is 11.5 Å². The largest absolute Gasteiger partial charge is 0.497 e. The van der Waals surface area contributed by atoms with Gasteiger partial charge in [-0.15, -0.1) is 0 Å². The van der Waals surface area contributed by atoms with Crippen molar-refractivity contribution in [3.05, 3.63) is 89.5 Å². The molecule has 0 heterocycles. The SMILES string of the molecule is CCOC(=O)c1cccc(S(=O)(=O)c2ccc(OCCCC/C=C/c3ccc(OC)cc3)c(CCC(=O)O)c2)c1. The number of rotatable bonds is 15. The fourth-order valence-electron chi connectivity index (χ4n) is 3.92. The number of allylic oxidation sites excluding steroid dienone is 1. The summed E-state index contributed by atoms with van der Waals surface area (Å²) in [6, 6.07) is 17.9. The molecule has 0 aliphatic heterocycles. The molecule has 0 spiro atoms. The van der Waals surface area contributed by atoms with Crippen molar-refractivity contribution in [2.45, 2.75) is 48.8 Å². The van der Waals surface area contributed by atoms with E-state index >= 15 is 0 Å². The predicted octanol–water partition coefficient (Wildman–Crippen LogP) is 5.98. The lowest BCUT2D eigenvalue weighted by Crippen LogP contribution is -2.09. The molecular formula is C31H34O8S. The van der Waals surface area contributed by atoms with Gasteiger partial charge in [0.25, 0.3) is 0 Å². The highest BCUT2D eigenvalue weighted by Crippen LogP contribution is 2.29. The quantitative estimate of drug-likeness (QED) is 0.176. The first-order chi connectivity index (χ1) is 19.2. The lowest BCUT2D eigenvalue weighted by Gasteiger charge is -2.14. The average Bonchev–Trinajstić information content (AvgIpc) is 2.96. The van der Waals surface area contributed by atoms with Gasteiger partial charge < -0.3 is 19.3 Å². The molecule has 0 radical (unpaired) electrons. The zero-order valence-corrected chi connectivity index (χ0v) is 23.5. The van der Waals surface area contributed by atoms with Crippen LogP contribution >= 0.6 is 0 Å². The minimum absolute atomic E-state index is 0.00934. The van der Waals surface area contributed by atoms with Crippen LogP contribution < -0.4 is 9.47 Å². The smallest absolute Gasteiger partial charge is 0.338 e. The summed E-state index contributed by atoms with van der Waals surface area (Å²) in [5.41, 5.74) is 1.71. The number of carboxylic acids is 1. The molecule has 0 saturated heterocycles. The molecule has 212 valence electrons. The van der Waals surface area contributed by atoms with Gasteiger partial charge in [-0.05, 0) is 92.3 Å². The molecule has 9 heteroatoms. The van der Waals surface area contributed by atoms with E-state index in [-0.39, 0.29) is 34.8 Å². The third kappa shape index (κ3) is 8.71. The minimum atomic E-state index is -3.98. The summed E-state index contributed by atoms with van der Waals surface area (Å²) in [6.07, 6.45) is 6.61. The lowest BCUT2D eigenvalue weighted by molar-refractivity contribution is -0.136. The van der Waals surface area contributed by atoms with Crippen LogP contribution in [-0.2, 0) is 25.8 Å². The highest BCUT2D eigenvalue weighted by atomic mass is 32.2. The van der Waals surface area contributed by atoms with E-state index in [2.05, 4.69) is 6.08 Å². The number of carbonyl (C=O) groups is 2. The van der Waals surface area contributed by atoms with Crippen molar-refractivity contribution in [2.75, 3.05) is 20.3 Å². The Morgan fingerprint density at radius 1 is 0.950 bits per heavy atom. The Hall–Kier alpha value is -4.11. The molecule has 0 unspecified atom stereocenters. The van der Waals surface area contributed by atoms with Gasteiger partial charge in [0, 0.05) is 6.42 Å². The van der Waals surface area contributed by atoms with Gasteiger partial charge in [0.2, 0.25) is 9.84 Å². The monoisotopic (exact) mass is 566 g/mol. The number of unbranched alkanes of at least 4 members (excludes halogenated alkanes) is 2. The number of aryl methyl sites for hydroxylation is 1. The molecule has 0 aromatic heterocycles. The number of benzene rings is 3. The second-order valence-corrected chi connectivity index (χ2v) is 10.9. The highest BCUT2D eigenvalue weighted by molar-refractivity contribution is 7.91. The zero-order chi connectivity index (χ0) is 29.0. The molecule has 40 heavy (non-hydrogen) atoms. The molecule has 0 fully saturated rings. The molecule has 3 aromatic carbocycles. The maximum absolute atomic E-state index is 13.3. The molecule has 3 aromatic rings. The molecule has 0 saturated carbocycles. The lowest BCUT2D eigenvalue weighted by atomic mass is 10.1. The summed E-state index contributed by atoms with van der Waals surface area (Å²) >= 11 is 0. The summed E-state index contributed by atoms with van der Waals surface area (Å²) in [6.45, 7) is 2.25. The van der Waals surface area contributed by atoms with Crippen LogP contribution in [0.5, 0.6) is 11.5 Å². The van der Waals surface area contributed by atoms with Gasteiger partial charge in [-0.3, -0.25) is 4.79 Å². The van der Waals surface area contributed by atoms with E-state index < -0.39 is 21.8 Å². The summed E-state index contributed by atoms with van der Waals surface area (Å²) in [4.78, 5) is 23.2. The molecule has 0 bridgehead atoms. The topological polar surface area (TPSA) is 116 Å². The van der Waals surface area contributed by atoms with E-state index in [4.69, 9.17) is 14.2 Å². The van der Waals surface area contributed by atoms with E-state index in [0.717, 1.165) is 30.6 Å². The first kappa shape index (κ1) is 30.4. The highest BCUT2D eigenvalue weighted by Gasteiger charge is 2.21. The summed E-state index contributed by atoms with van der Waals surface area (Å²) in [5.74, 6) is -0.341. The number of carbonyl (C=O) groups excluding carboxylic acids is 1. The van der Waals surface area contributed by atoms with Gasteiger partial charge >= 0.3 is 11.9 Å². The molecule has 0 atom stereocenters. The second-order valence-electron chi connectivity index (χ2n) is 8.93. The van der Waals surface area contributed by atoms with Gasteiger partial charge in [-0.25, -0.2) is 13.2 Å². The number of methoxy groups -OCH3 is 1. The maximum atomic E-state index is 13.3. The van der Waals surface area contributed by atoms with E-state index in [1.807, 2.05) is 30.3 Å². The molecule has 1 N–H and O–H groups in total. The zero-order valence-electron chi connectivity index (χ0n) is 22.7. The minimum Gasteiger partial charge on any atom is -0.497 e. The van der Waals surface area contributed by atoms with Crippen molar-refractivity contribution in [1.82, 2.24) is 0 Å². The summed E-state index contributed by atoms with van der Waals surface area (Å²) < 4.78 is 42.7. The second kappa shape index (κ2) is 14.9. The van der Waals surface area contributed by atoms with Crippen LogP contribution in [0.3, 0.4) is 0 Å². The van der Waals surface area contributed by atoms with E-state index in [9.17, 15) is 23.1 Å². The Balaban J connectivity index is 1.66. The molecule has 0 aliphatic rings. The Morgan fingerprint density at radius 2 is 1.70 bits per heavy atom. The van der Waals surface area contributed by atoms with Gasteiger partial charge in [0.05, 0.1) is 35.7 Å². The average molecular weight is 567 g/mol. The third-order valence-electron chi connectivity index (χ3n) is 6.05. The normalized spacial score (nSPS) is 11.3. The number of carboxylic acid groups (broad SMARTS) is 1. The Bertz CT molecular complexity index is 1430. The number of hydrogen-bond acceptors (Lipinski definition) is 7. The molecule has 3 rings (SSSR count). The van der Waals surface area contributed by atoms with Crippen molar-refractivity contribution in [1.29, 1.82) is 0 Å². The standard InChI is InChI=1S/C31H34O8S/c1-3-38-31(34)25-10-8-11-27(22-25)40(35,36)28-17-18-29(24(21-28)14-19-30(32)33)39-20-7-5-4-6-9-23-12-15-26(37-2)16-13-23/h6,8-13,15-18,21-22H,3-5,7,14,19-20H2,1-2H3,(H,32,33)/b9-6+. The number of aliphatic carboxylic acids is 1. The molecule has 0 aliphatic carbocycles. The summed E-state index contributed by atoms with van der Waals surface area (Å²) in [5, 5.41) is 9.19. The number of ether oxygens (including phenoxy) is 3. The molecular weight excluding hydrogens is 532 g/mol. The third-order valence-corrected chi connectivity index (χ3v) is 7.80. The van der Waals surface area contributed by atoms with Crippen LogP contribution in [0.25, 0.3) is 6.08 Å². The van der Waals surface area contributed by atoms with Crippen LogP contribution in [-0.4, -0.2) is 45.8 Å². The Labute approximate surface area is 235 Å². The Morgan fingerprint density at radius 3 is 2.40 bits per heavy atom. The van der Waals surface area contributed by atoms with Gasteiger partial charge in [0.15, 0.2) is 0 Å². The van der Waals surface area contributed by atoms with Crippen molar-refractivity contribution in [3.63, 3.8) is 0 Å². The fourth-order valence-corrected chi connectivity index (χ4v) is 5.28. The van der Waals surface area contributed by atoms with Crippen molar-refractivity contribution in [2.24, 2.45) is 0 Å². The van der Waals surface area contributed by atoms with Gasteiger partial charge in [-0.1, -0.05) is 30.4 Å². The fraction of sp³-hybridized carbons (Fsp3) is 0.290. The van der Waals surface area contributed by atoms with Crippen LogP contribution in [0.15, 0.2) is 82.6 Å². The van der Waals surface area contributed by atoms with Crippen molar-refractivity contribution >= 4 is 27.9 Å². The first-order valence-corrected chi connectivity index (χ1v) is 14.5. The predicted molar refractivity (Wildman–Crippen MR) is 152 cm³/mol. The number of hydrogen-bond donors (Lipinski definition) is 1. The molecule has 0 amide bonds. The van der Waals surface area contributed by atoms with E-state index in [1.165, 1.54) is 36.4 Å². The number of esters is 1. The number of sulfone groups is 1. The summed E-state index contributed by atoms with van der Waals surface area (Å²) in [7, 11) is -2.34. The van der Waals surface area contributed by atoms with Crippen molar-refractivity contribution in [3.8, 4) is 11.5 Å². The van der Waals surface area contributed by atoms with Crippen LogP contribution in [0.2, 0.25) is 0 Å². The van der Waals surface area contributed by atoms with Crippen LogP contribution in [0.1, 0.15) is 54.1 Å². The molecule has 8 nitrogen and oxygen atoms in total. The maximum Gasteiger partial charge on any atom is 0.338 e. The van der Waals surface area contributed by atoms with E-state index in [0.29, 0.717) is 17.9 Å². The van der Waals surface area contributed by atoms with E-state index in [1.54, 1.807) is 20.1 Å². The Kier molecular flexibility index (Phi) is 11.3. The van der Waals surface area contributed by atoms with Crippen molar-refractivity contribution < 1.29 is 37.3 Å². The van der Waals surface area contributed by atoms with Crippen LogP contribution in [0.4, 0.5) is 0 Å². The first-order valence-electron chi connectivity index (χ1n) is 13.0.